The van der Waals surface area contributed by atoms with E-state index in [1.807, 2.05) is 6.92 Å². The van der Waals surface area contributed by atoms with E-state index in [0.717, 1.165) is 19.3 Å². The number of amides is 1. The van der Waals surface area contributed by atoms with Crippen molar-refractivity contribution in [3.05, 3.63) is 0 Å². The van der Waals surface area contributed by atoms with Gasteiger partial charge in [-0.3, -0.25) is 4.79 Å². The van der Waals surface area contributed by atoms with E-state index in [1.54, 1.807) is 0 Å². The summed E-state index contributed by atoms with van der Waals surface area (Å²) in [5, 5.41) is 0. The van der Waals surface area contributed by atoms with Crippen molar-refractivity contribution >= 4 is 5.91 Å². The lowest BCUT2D eigenvalue weighted by molar-refractivity contribution is -0.129. The Bertz CT molecular complexity index is 333. The molecule has 26 heavy (non-hydrogen) atoms. The molecule has 4 nitrogen and oxygen atoms in total. The van der Waals surface area contributed by atoms with Crippen molar-refractivity contribution in [2.45, 2.75) is 123 Å². The molecule has 0 saturated heterocycles. The van der Waals surface area contributed by atoms with Crippen LogP contribution in [0.25, 0.3) is 0 Å². The van der Waals surface area contributed by atoms with Crippen LogP contribution in [0.15, 0.2) is 0 Å². The Balaban J connectivity index is 3.61. The molecule has 0 aliphatic rings. The van der Waals surface area contributed by atoms with Crippen LogP contribution in [0.2, 0.25) is 0 Å². The minimum Gasteiger partial charge on any atom is -0.369 e. The zero-order valence-electron chi connectivity index (χ0n) is 17.7. The van der Waals surface area contributed by atoms with Crippen molar-refractivity contribution in [1.29, 1.82) is 0 Å². The van der Waals surface area contributed by atoms with Gasteiger partial charge in [0.15, 0.2) is 0 Å². The topological polar surface area (TPSA) is 95.1 Å². The number of nitrogens with two attached hydrogens (primary N) is 3. The largest absolute Gasteiger partial charge is 0.369 e. The summed E-state index contributed by atoms with van der Waals surface area (Å²) in [6.45, 7) is 4.61. The molecule has 0 aromatic rings. The van der Waals surface area contributed by atoms with Crippen molar-refractivity contribution in [1.82, 2.24) is 0 Å². The molecule has 0 spiro atoms. The van der Waals surface area contributed by atoms with Crippen LogP contribution in [0, 0.1) is 5.41 Å². The average molecular weight is 370 g/mol. The molecule has 2 atom stereocenters. The minimum atomic E-state index is -0.619. The normalized spacial score (nSPS) is 14.9. The molecule has 0 aromatic heterocycles. The fourth-order valence-electron chi connectivity index (χ4n) is 3.94. The summed E-state index contributed by atoms with van der Waals surface area (Å²) < 4.78 is 0. The molecule has 0 bridgehead atoms. The Morgan fingerprint density at radius 3 is 1.46 bits per heavy atom. The van der Waals surface area contributed by atoms with Crippen LogP contribution in [0.1, 0.15) is 117 Å². The SMILES string of the molecule is CCCCCCCCCCCCCCCCC(CCN)(C(N)=O)C(C)N. The van der Waals surface area contributed by atoms with E-state index in [4.69, 9.17) is 17.2 Å². The maximum Gasteiger partial charge on any atom is 0.225 e. The Hall–Kier alpha value is -0.610. The van der Waals surface area contributed by atoms with E-state index in [2.05, 4.69) is 6.92 Å². The number of carbonyl (C=O) groups excluding carboxylic acids is 1. The summed E-state index contributed by atoms with van der Waals surface area (Å²) in [7, 11) is 0. The maximum atomic E-state index is 11.9. The van der Waals surface area contributed by atoms with Gasteiger partial charge in [0.25, 0.3) is 0 Å². The van der Waals surface area contributed by atoms with Gasteiger partial charge >= 0.3 is 0 Å². The Morgan fingerprint density at radius 2 is 1.15 bits per heavy atom. The Morgan fingerprint density at radius 1 is 0.769 bits per heavy atom. The van der Waals surface area contributed by atoms with Gasteiger partial charge < -0.3 is 17.2 Å². The van der Waals surface area contributed by atoms with E-state index >= 15 is 0 Å². The molecule has 2 unspecified atom stereocenters. The first-order valence-electron chi connectivity index (χ1n) is 11.3. The molecule has 6 N–H and O–H groups in total. The van der Waals surface area contributed by atoms with Gasteiger partial charge in [-0.1, -0.05) is 96.8 Å². The number of hydrogen-bond donors (Lipinski definition) is 3. The van der Waals surface area contributed by atoms with Gasteiger partial charge in [0.2, 0.25) is 5.91 Å². The molecular formula is C22H47N3O. The number of rotatable bonds is 19. The monoisotopic (exact) mass is 369 g/mol. The summed E-state index contributed by atoms with van der Waals surface area (Å²) in [6.07, 6.45) is 20.0. The van der Waals surface area contributed by atoms with Crippen molar-refractivity contribution in [2.24, 2.45) is 22.6 Å². The van der Waals surface area contributed by atoms with Crippen LogP contribution in [0.3, 0.4) is 0 Å². The zero-order chi connectivity index (χ0) is 19.7. The van der Waals surface area contributed by atoms with Crippen LogP contribution in [-0.4, -0.2) is 18.5 Å². The van der Waals surface area contributed by atoms with E-state index in [0.29, 0.717) is 13.0 Å². The van der Waals surface area contributed by atoms with Gasteiger partial charge in [-0.15, -0.1) is 0 Å². The fourth-order valence-corrected chi connectivity index (χ4v) is 3.94. The third-order valence-electron chi connectivity index (χ3n) is 5.93. The van der Waals surface area contributed by atoms with Crippen LogP contribution in [-0.2, 0) is 4.79 Å². The maximum absolute atomic E-state index is 11.9. The lowest BCUT2D eigenvalue weighted by atomic mass is 9.73. The molecule has 156 valence electrons. The summed E-state index contributed by atoms with van der Waals surface area (Å²) in [4.78, 5) is 11.9. The van der Waals surface area contributed by atoms with E-state index in [1.165, 1.54) is 77.0 Å². The first-order valence-corrected chi connectivity index (χ1v) is 11.3. The van der Waals surface area contributed by atoms with E-state index < -0.39 is 5.41 Å². The van der Waals surface area contributed by atoms with Gasteiger partial charge in [0.1, 0.15) is 0 Å². The second-order valence-electron chi connectivity index (χ2n) is 8.19. The summed E-state index contributed by atoms with van der Waals surface area (Å²) in [5.41, 5.74) is 16.8. The lowest BCUT2D eigenvalue weighted by Crippen LogP contribution is -2.50. The molecule has 0 aromatic carbocycles. The lowest BCUT2D eigenvalue weighted by Gasteiger charge is -2.34. The highest BCUT2D eigenvalue weighted by atomic mass is 16.1. The second kappa shape index (κ2) is 16.6. The quantitative estimate of drug-likeness (QED) is 0.279. The van der Waals surface area contributed by atoms with Gasteiger partial charge in [-0.2, -0.15) is 0 Å². The van der Waals surface area contributed by atoms with Gasteiger partial charge in [-0.25, -0.2) is 0 Å². The number of primary amides is 1. The van der Waals surface area contributed by atoms with E-state index in [9.17, 15) is 4.79 Å². The number of unbranched alkanes of at least 4 members (excludes halogenated alkanes) is 13. The molecule has 1 amide bonds. The first-order chi connectivity index (χ1) is 12.5. The predicted octanol–water partition coefficient (Wildman–Crippen LogP) is 5.03. The zero-order valence-corrected chi connectivity index (χ0v) is 17.7. The highest BCUT2D eigenvalue weighted by Gasteiger charge is 2.38. The van der Waals surface area contributed by atoms with Crippen molar-refractivity contribution in [3.63, 3.8) is 0 Å². The van der Waals surface area contributed by atoms with Gasteiger partial charge in [-0.05, 0) is 26.3 Å². The molecule has 4 heteroatoms. The highest BCUT2D eigenvalue weighted by Crippen LogP contribution is 2.32. The highest BCUT2D eigenvalue weighted by molar-refractivity contribution is 5.81. The smallest absolute Gasteiger partial charge is 0.225 e. The van der Waals surface area contributed by atoms with Crippen LogP contribution in [0.5, 0.6) is 0 Å². The molecule has 0 aliphatic carbocycles. The van der Waals surface area contributed by atoms with Gasteiger partial charge in [0, 0.05) is 6.04 Å². The molecule has 0 radical (unpaired) electrons. The van der Waals surface area contributed by atoms with Crippen LogP contribution in [0.4, 0.5) is 0 Å². The standard InChI is InChI=1S/C22H47N3O/c1-3-4-5-6-7-8-9-10-11-12-13-14-15-16-17-22(18-19-23,20(2)24)21(25)26/h20H,3-19,23-24H2,1-2H3,(H2,25,26). The Labute approximate surface area is 163 Å². The van der Waals surface area contributed by atoms with Crippen molar-refractivity contribution < 1.29 is 4.79 Å². The third kappa shape index (κ3) is 11.2. The summed E-state index contributed by atoms with van der Waals surface area (Å²) in [5.74, 6) is -0.285. The summed E-state index contributed by atoms with van der Waals surface area (Å²) >= 11 is 0. The molecule has 0 aliphatic heterocycles. The van der Waals surface area contributed by atoms with Crippen LogP contribution < -0.4 is 17.2 Å². The molecule has 0 rings (SSSR count). The Kier molecular flexibility index (Phi) is 16.2. The van der Waals surface area contributed by atoms with Crippen molar-refractivity contribution in [2.75, 3.05) is 6.54 Å². The second-order valence-corrected chi connectivity index (χ2v) is 8.19. The molecule has 0 fully saturated rings. The fraction of sp³-hybridized carbons (Fsp3) is 0.955. The third-order valence-corrected chi connectivity index (χ3v) is 5.93. The van der Waals surface area contributed by atoms with Gasteiger partial charge in [0.05, 0.1) is 5.41 Å². The van der Waals surface area contributed by atoms with Crippen LogP contribution >= 0.6 is 0 Å². The molecule has 0 saturated carbocycles. The van der Waals surface area contributed by atoms with Crippen molar-refractivity contribution in [3.8, 4) is 0 Å². The average Bonchev–Trinajstić information content (AvgIpc) is 2.60. The first kappa shape index (κ1) is 25.4. The minimum absolute atomic E-state index is 0.231. The molecule has 0 heterocycles. The number of hydrogen-bond acceptors (Lipinski definition) is 3. The number of carbonyl (C=O) groups is 1. The summed E-state index contributed by atoms with van der Waals surface area (Å²) in [6, 6.07) is -0.231. The molecular weight excluding hydrogens is 322 g/mol. The van der Waals surface area contributed by atoms with E-state index in [-0.39, 0.29) is 11.9 Å². The predicted molar refractivity (Wildman–Crippen MR) is 114 cm³/mol.